The predicted octanol–water partition coefficient (Wildman–Crippen LogP) is 12.9. The third-order valence-corrected chi connectivity index (χ3v) is 14.7. The maximum atomic E-state index is 14.9. The van der Waals surface area contributed by atoms with E-state index in [1.54, 1.807) is 6.07 Å². The molecular weight excluding hydrogens is 701 g/mol. The Kier molecular flexibility index (Phi) is 7.83. The lowest BCUT2D eigenvalue weighted by molar-refractivity contribution is 0.0540. The summed E-state index contributed by atoms with van der Waals surface area (Å²) in [7, 11) is 0. The molecule has 10 rings (SSSR count). The number of carbonyl (C=O) groups is 1. The van der Waals surface area contributed by atoms with Crippen LogP contribution in [0.5, 0.6) is 17.2 Å². The molecule has 7 aromatic rings. The van der Waals surface area contributed by atoms with Gasteiger partial charge in [-0.25, -0.2) is 4.79 Å². The first kappa shape index (κ1) is 35.5. The number of esters is 1. The molecule has 0 spiro atoms. The summed E-state index contributed by atoms with van der Waals surface area (Å²) < 4.78 is 6.48. The molecular formula is C53H48O4. The standard InChI is InChI=1S/C53H48O4/c1-5-28-51-38-20-12-14-22-40(38)52(29-6-2)42-31-37(45(55)32-43(42)53(30-7-3,50(51,52)4)41-23-15-13-21-39(41)51)49(56)57-46-27-25-34-17-9-11-19-36(34)48(46)47-35-18-10-8-16-33(35)24-26-44(47)54/h8-27,31-32,54-55H,5-7,28-30H2,1-4H3/t50-,51+,52-,53+/m0/s1. The van der Waals surface area contributed by atoms with Gasteiger partial charge in [0.2, 0.25) is 0 Å². The van der Waals surface area contributed by atoms with E-state index in [2.05, 4.69) is 76.2 Å². The van der Waals surface area contributed by atoms with Crippen LogP contribution in [0.25, 0.3) is 32.7 Å². The summed E-state index contributed by atoms with van der Waals surface area (Å²) in [5.74, 6) is -0.280. The van der Waals surface area contributed by atoms with Gasteiger partial charge in [-0.05, 0) is 98.5 Å². The minimum absolute atomic E-state index is 0.0708. The molecule has 0 saturated heterocycles. The number of phenolic OH excluding ortho intramolecular Hbond substituents is 2. The number of rotatable bonds is 9. The Balaban J connectivity index is 1.22. The molecule has 0 unspecified atom stereocenters. The van der Waals surface area contributed by atoms with E-state index < -0.39 is 16.8 Å². The zero-order chi connectivity index (χ0) is 39.3. The van der Waals surface area contributed by atoms with Crippen molar-refractivity contribution in [3.63, 3.8) is 0 Å². The zero-order valence-corrected chi connectivity index (χ0v) is 33.2. The molecule has 4 heteroatoms. The van der Waals surface area contributed by atoms with Crippen molar-refractivity contribution in [1.29, 1.82) is 0 Å². The molecule has 284 valence electrons. The van der Waals surface area contributed by atoms with E-state index in [0.29, 0.717) is 16.9 Å². The maximum Gasteiger partial charge on any atom is 0.347 e. The van der Waals surface area contributed by atoms with E-state index in [0.717, 1.165) is 71.2 Å². The van der Waals surface area contributed by atoms with Crippen molar-refractivity contribution in [2.24, 2.45) is 5.41 Å². The smallest absolute Gasteiger partial charge is 0.347 e. The minimum Gasteiger partial charge on any atom is -0.507 e. The first-order chi connectivity index (χ1) is 27.7. The number of ether oxygens (including phenoxy) is 1. The predicted molar refractivity (Wildman–Crippen MR) is 230 cm³/mol. The van der Waals surface area contributed by atoms with Crippen LogP contribution in [0.2, 0.25) is 0 Å². The van der Waals surface area contributed by atoms with Crippen LogP contribution in [0.3, 0.4) is 0 Å². The van der Waals surface area contributed by atoms with Crippen molar-refractivity contribution in [3.05, 3.63) is 172 Å². The van der Waals surface area contributed by atoms with Crippen molar-refractivity contribution in [1.82, 2.24) is 0 Å². The zero-order valence-electron chi connectivity index (χ0n) is 33.2. The number of carbonyl (C=O) groups excluding carboxylic acids is 1. The van der Waals surface area contributed by atoms with E-state index in [1.165, 1.54) is 22.3 Å². The maximum absolute atomic E-state index is 14.9. The Hall–Kier alpha value is -5.87. The Labute approximate surface area is 334 Å². The van der Waals surface area contributed by atoms with Crippen LogP contribution in [0.1, 0.15) is 110 Å². The van der Waals surface area contributed by atoms with E-state index in [1.807, 2.05) is 78.9 Å². The van der Waals surface area contributed by atoms with Crippen molar-refractivity contribution < 1.29 is 19.7 Å². The van der Waals surface area contributed by atoms with E-state index in [4.69, 9.17) is 4.74 Å². The fourth-order valence-electron chi connectivity index (χ4n) is 13.0. The normalized spacial score (nSPS) is 23.6. The molecule has 0 saturated carbocycles. The topological polar surface area (TPSA) is 66.8 Å². The van der Waals surface area contributed by atoms with Gasteiger partial charge in [0.15, 0.2) is 0 Å². The molecule has 0 heterocycles. The Morgan fingerprint density at radius 2 is 0.947 bits per heavy atom. The Morgan fingerprint density at radius 3 is 1.47 bits per heavy atom. The highest BCUT2D eigenvalue weighted by molar-refractivity contribution is 6.10. The fraction of sp³-hybridized carbons (Fsp3) is 0.264. The molecule has 0 fully saturated rings. The number of aromatic hydroxyl groups is 2. The molecule has 2 N–H and O–H groups in total. The van der Waals surface area contributed by atoms with Crippen LogP contribution in [-0.2, 0) is 16.2 Å². The molecule has 4 atom stereocenters. The highest BCUT2D eigenvalue weighted by Crippen LogP contribution is 2.85. The third kappa shape index (κ3) is 4.16. The van der Waals surface area contributed by atoms with Crippen LogP contribution in [0.4, 0.5) is 0 Å². The third-order valence-electron chi connectivity index (χ3n) is 14.7. The Morgan fingerprint density at radius 1 is 0.509 bits per heavy atom. The summed E-state index contributed by atoms with van der Waals surface area (Å²) >= 11 is 0. The molecule has 0 bridgehead atoms. The molecule has 0 radical (unpaired) electrons. The highest BCUT2D eigenvalue weighted by Gasteiger charge is 2.82. The highest BCUT2D eigenvalue weighted by atomic mass is 16.5. The lowest BCUT2D eigenvalue weighted by Gasteiger charge is -2.53. The lowest BCUT2D eigenvalue weighted by atomic mass is 9.48. The van der Waals surface area contributed by atoms with Gasteiger partial charge in [-0.1, -0.05) is 156 Å². The van der Waals surface area contributed by atoms with Crippen molar-refractivity contribution in [3.8, 4) is 28.4 Å². The largest absolute Gasteiger partial charge is 0.507 e. The monoisotopic (exact) mass is 748 g/mol. The summed E-state index contributed by atoms with van der Waals surface area (Å²) in [5, 5.41) is 27.3. The van der Waals surface area contributed by atoms with E-state index in [9.17, 15) is 15.0 Å². The van der Waals surface area contributed by atoms with Gasteiger partial charge >= 0.3 is 5.97 Å². The van der Waals surface area contributed by atoms with Crippen LogP contribution < -0.4 is 4.74 Å². The summed E-state index contributed by atoms with van der Waals surface area (Å²) in [6, 6.07) is 45.4. The summed E-state index contributed by atoms with van der Waals surface area (Å²) in [6.45, 7) is 9.43. The summed E-state index contributed by atoms with van der Waals surface area (Å²) in [6.07, 6.45) is 5.81. The Bertz CT molecular complexity index is 2800. The van der Waals surface area contributed by atoms with Gasteiger partial charge in [0.25, 0.3) is 0 Å². The second-order valence-electron chi connectivity index (χ2n) is 16.8. The van der Waals surface area contributed by atoms with Gasteiger partial charge in [0.1, 0.15) is 22.8 Å². The number of benzene rings is 7. The van der Waals surface area contributed by atoms with Gasteiger partial charge in [0.05, 0.1) is 0 Å². The first-order valence-corrected chi connectivity index (χ1v) is 20.8. The van der Waals surface area contributed by atoms with Crippen LogP contribution in [0, 0.1) is 5.41 Å². The lowest BCUT2D eigenvalue weighted by Crippen LogP contribution is -2.54. The molecule has 0 aromatic heterocycles. The van der Waals surface area contributed by atoms with Gasteiger partial charge in [-0.15, -0.1) is 0 Å². The molecule has 4 nitrogen and oxygen atoms in total. The van der Waals surface area contributed by atoms with Crippen LogP contribution in [0.15, 0.2) is 133 Å². The number of phenols is 2. The minimum atomic E-state index is -0.628. The van der Waals surface area contributed by atoms with Gasteiger partial charge < -0.3 is 14.9 Å². The average Bonchev–Trinajstić information content (AvgIpc) is 3.63. The number of hydrogen-bond acceptors (Lipinski definition) is 4. The summed E-state index contributed by atoms with van der Waals surface area (Å²) in [5.41, 5.74) is 7.82. The fourth-order valence-corrected chi connectivity index (χ4v) is 13.0. The second-order valence-corrected chi connectivity index (χ2v) is 16.8. The number of fused-ring (bicyclic) bond motifs is 11. The molecule has 7 aromatic carbocycles. The summed E-state index contributed by atoms with van der Waals surface area (Å²) in [4.78, 5) is 14.9. The van der Waals surface area contributed by atoms with E-state index >= 15 is 0 Å². The second kappa shape index (κ2) is 12.6. The van der Waals surface area contributed by atoms with Gasteiger partial charge in [-0.3, -0.25) is 0 Å². The molecule has 0 aliphatic heterocycles. The van der Waals surface area contributed by atoms with Crippen LogP contribution >= 0.6 is 0 Å². The molecule has 57 heavy (non-hydrogen) atoms. The van der Waals surface area contributed by atoms with Gasteiger partial charge in [-0.2, -0.15) is 0 Å². The van der Waals surface area contributed by atoms with Gasteiger partial charge in [0, 0.05) is 32.8 Å². The molecule has 0 amide bonds. The molecule has 3 aliphatic rings. The van der Waals surface area contributed by atoms with Crippen LogP contribution in [-0.4, -0.2) is 16.2 Å². The van der Waals surface area contributed by atoms with Crippen molar-refractivity contribution in [2.45, 2.75) is 82.5 Å². The first-order valence-electron chi connectivity index (χ1n) is 20.8. The number of hydrogen-bond donors (Lipinski definition) is 2. The van der Waals surface area contributed by atoms with E-state index in [-0.39, 0.29) is 27.9 Å². The average molecular weight is 749 g/mol. The SMILES string of the molecule is CCC[C@@]12c3ccccc3[C@@]3(CCC)c4cc(C(=O)Oc5ccc6ccccc6c5-c5c(O)ccc6ccccc56)c(O)cc4[C@@](CCC)(c4ccccc41)[C@@]23C. The quantitative estimate of drug-likeness (QED) is 0.114. The molecule has 3 aliphatic carbocycles. The van der Waals surface area contributed by atoms with Crippen molar-refractivity contribution >= 4 is 27.5 Å². The van der Waals surface area contributed by atoms with Crippen molar-refractivity contribution in [2.75, 3.05) is 0 Å².